The summed E-state index contributed by atoms with van der Waals surface area (Å²) < 4.78 is 6.94. The smallest absolute Gasteiger partial charge is 0.276 e. The molecule has 1 fully saturated rings. The Kier molecular flexibility index (Phi) is 4.25. The summed E-state index contributed by atoms with van der Waals surface area (Å²) in [5.41, 5.74) is 0.439. The summed E-state index contributed by atoms with van der Waals surface area (Å²) in [6.45, 7) is 1.22. The predicted molar refractivity (Wildman–Crippen MR) is 106 cm³/mol. The van der Waals surface area contributed by atoms with E-state index in [0.29, 0.717) is 13.2 Å². The highest BCUT2D eigenvalue weighted by molar-refractivity contribution is 5.99. The van der Waals surface area contributed by atoms with E-state index in [9.17, 15) is 19.5 Å². The number of carbonyl (C=O) groups excluding carboxylic acids is 2. The lowest BCUT2D eigenvalue weighted by Gasteiger charge is -2.31. The van der Waals surface area contributed by atoms with E-state index >= 15 is 0 Å². The number of aromatic hydroxyl groups is 1. The summed E-state index contributed by atoms with van der Waals surface area (Å²) >= 11 is 0. The molecule has 1 unspecified atom stereocenters. The number of benzene rings is 1. The van der Waals surface area contributed by atoms with Crippen LogP contribution < -0.4 is 10.7 Å². The van der Waals surface area contributed by atoms with Crippen LogP contribution in [-0.4, -0.2) is 50.8 Å². The van der Waals surface area contributed by atoms with Gasteiger partial charge in [-0.25, -0.2) is 0 Å². The first-order chi connectivity index (χ1) is 14.5. The summed E-state index contributed by atoms with van der Waals surface area (Å²) in [5, 5.41) is 14.0. The average molecular weight is 406 g/mol. The number of ether oxygens (including phenoxy) is 1. The molecule has 2 N–H and O–H groups in total. The summed E-state index contributed by atoms with van der Waals surface area (Å²) in [4.78, 5) is 43.7. The highest BCUT2D eigenvalue weighted by Gasteiger charge is 2.39. The van der Waals surface area contributed by atoms with E-state index in [1.807, 2.05) is 24.3 Å². The van der Waals surface area contributed by atoms with Crippen molar-refractivity contribution in [2.75, 3.05) is 13.2 Å². The van der Waals surface area contributed by atoms with Crippen LogP contribution >= 0.6 is 0 Å². The monoisotopic (exact) mass is 406 g/mol. The third kappa shape index (κ3) is 2.82. The molecular weight excluding hydrogens is 388 g/mol. The third-order valence-electron chi connectivity index (χ3n) is 5.49. The molecule has 3 aromatic rings. The van der Waals surface area contributed by atoms with Gasteiger partial charge in [-0.2, -0.15) is 0 Å². The molecule has 0 bridgehead atoms. The van der Waals surface area contributed by atoms with E-state index in [2.05, 4.69) is 10.3 Å². The van der Waals surface area contributed by atoms with Crippen LogP contribution in [0.2, 0.25) is 0 Å². The minimum absolute atomic E-state index is 0.113. The number of fused-ring (bicyclic) bond motifs is 3. The molecule has 2 amide bonds. The Labute approximate surface area is 170 Å². The second-order valence-corrected chi connectivity index (χ2v) is 7.22. The van der Waals surface area contributed by atoms with E-state index in [1.54, 1.807) is 12.3 Å². The number of para-hydroxylation sites is 1. The number of rotatable bonds is 3. The third-order valence-corrected chi connectivity index (χ3v) is 5.49. The van der Waals surface area contributed by atoms with E-state index in [0.717, 1.165) is 16.5 Å². The maximum absolute atomic E-state index is 12.7. The van der Waals surface area contributed by atoms with Crippen molar-refractivity contribution >= 4 is 22.7 Å². The number of pyridine rings is 2. The van der Waals surface area contributed by atoms with Gasteiger partial charge in [-0.3, -0.25) is 19.4 Å². The molecule has 1 saturated heterocycles. The molecule has 30 heavy (non-hydrogen) atoms. The van der Waals surface area contributed by atoms with Gasteiger partial charge in [0.1, 0.15) is 5.56 Å². The van der Waals surface area contributed by atoms with Crippen molar-refractivity contribution in [1.29, 1.82) is 0 Å². The molecule has 2 aliphatic heterocycles. The van der Waals surface area contributed by atoms with E-state index in [4.69, 9.17) is 4.74 Å². The van der Waals surface area contributed by atoms with E-state index in [1.165, 1.54) is 15.7 Å². The number of amides is 2. The average Bonchev–Trinajstić information content (AvgIpc) is 3.23. The Bertz CT molecular complexity index is 1250. The van der Waals surface area contributed by atoms with Crippen molar-refractivity contribution in [3.05, 3.63) is 69.8 Å². The fourth-order valence-electron chi connectivity index (χ4n) is 3.97. The van der Waals surface area contributed by atoms with Crippen LogP contribution in [0, 0.1) is 0 Å². The Hall–Kier alpha value is -3.72. The highest BCUT2D eigenvalue weighted by Crippen LogP contribution is 2.26. The van der Waals surface area contributed by atoms with Crippen molar-refractivity contribution in [3.8, 4) is 5.75 Å². The number of carbonyl (C=O) groups is 2. The Morgan fingerprint density at radius 2 is 2.10 bits per heavy atom. The van der Waals surface area contributed by atoms with Crippen LogP contribution in [0.3, 0.4) is 0 Å². The van der Waals surface area contributed by atoms with Gasteiger partial charge in [0.25, 0.3) is 11.8 Å². The topological polar surface area (TPSA) is 114 Å². The SMILES string of the molecule is O=C(NCc1ccnc2ccccc12)c1cn2c(c(O)c1=O)C(=O)N1CCOC1C2. The second-order valence-electron chi connectivity index (χ2n) is 7.22. The zero-order valence-electron chi connectivity index (χ0n) is 15.9. The zero-order chi connectivity index (χ0) is 20.8. The molecule has 9 nitrogen and oxygen atoms in total. The largest absolute Gasteiger partial charge is 0.503 e. The fraction of sp³-hybridized carbons (Fsp3) is 0.238. The molecule has 5 rings (SSSR count). The molecule has 0 radical (unpaired) electrons. The maximum Gasteiger partial charge on any atom is 0.276 e. The molecule has 0 spiro atoms. The maximum atomic E-state index is 12.7. The van der Waals surface area contributed by atoms with Crippen molar-refractivity contribution in [2.45, 2.75) is 19.3 Å². The first kappa shape index (κ1) is 18.3. The first-order valence-electron chi connectivity index (χ1n) is 9.54. The van der Waals surface area contributed by atoms with Gasteiger partial charge in [-0.05, 0) is 17.7 Å². The van der Waals surface area contributed by atoms with Gasteiger partial charge in [0, 0.05) is 30.9 Å². The lowest BCUT2D eigenvalue weighted by atomic mass is 10.1. The van der Waals surface area contributed by atoms with Gasteiger partial charge < -0.3 is 24.6 Å². The predicted octanol–water partition coefficient (Wildman–Crippen LogP) is 0.844. The van der Waals surface area contributed by atoms with Crippen molar-refractivity contribution in [1.82, 2.24) is 19.8 Å². The standard InChI is InChI=1S/C21H18N4O5/c26-18-14(10-24-11-16-25(7-8-30-16)21(29)17(24)19(18)27)20(28)23-9-12-5-6-22-15-4-2-1-3-13(12)15/h1-6,10,16,27H,7-9,11H2,(H,23,28). The normalized spacial score (nSPS) is 17.7. The molecule has 1 atom stereocenters. The molecule has 0 saturated carbocycles. The van der Waals surface area contributed by atoms with E-state index in [-0.39, 0.29) is 24.3 Å². The molecule has 0 aliphatic carbocycles. The van der Waals surface area contributed by atoms with Gasteiger partial charge in [-0.15, -0.1) is 0 Å². The number of hydrogen-bond donors (Lipinski definition) is 2. The summed E-state index contributed by atoms with van der Waals surface area (Å²) in [5.74, 6) is -1.82. The number of nitrogens with one attached hydrogen (secondary N) is 1. The highest BCUT2D eigenvalue weighted by atomic mass is 16.5. The Balaban J connectivity index is 1.45. The molecular formula is C21H18N4O5. The first-order valence-corrected chi connectivity index (χ1v) is 9.54. The van der Waals surface area contributed by atoms with Crippen LogP contribution in [0.1, 0.15) is 26.4 Å². The van der Waals surface area contributed by atoms with Gasteiger partial charge in [0.05, 0.1) is 18.7 Å². The van der Waals surface area contributed by atoms with Crippen LogP contribution in [0.25, 0.3) is 10.9 Å². The van der Waals surface area contributed by atoms with Gasteiger partial charge >= 0.3 is 0 Å². The van der Waals surface area contributed by atoms with Gasteiger partial charge in [-0.1, -0.05) is 18.2 Å². The quantitative estimate of drug-likeness (QED) is 0.667. The molecule has 9 heteroatoms. The summed E-state index contributed by atoms with van der Waals surface area (Å²) in [6.07, 6.45) is 2.50. The second kappa shape index (κ2) is 6.96. The lowest BCUT2D eigenvalue weighted by molar-refractivity contribution is 0.00845. The van der Waals surface area contributed by atoms with Crippen molar-refractivity contribution in [3.63, 3.8) is 0 Å². The van der Waals surface area contributed by atoms with Crippen molar-refractivity contribution in [2.24, 2.45) is 0 Å². The van der Waals surface area contributed by atoms with Crippen LogP contribution in [0.15, 0.2) is 47.5 Å². The minimum atomic E-state index is -0.870. The zero-order valence-corrected chi connectivity index (χ0v) is 15.9. The van der Waals surface area contributed by atoms with Gasteiger partial charge in [0.2, 0.25) is 5.43 Å². The number of hydrogen-bond acceptors (Lipinski definition) is 6. The number of nitrogens with zero attached hydrogens (tertiary/aromatic N) is 3. The van der Waals surface area contributed by atoms with Crippen LogP contribution in [-0.2, 0) is 17.8 Å². The molecule has 2 aromatic heterocycles. The Morgan fingerprint density at radius 1 is 1.27 bits per heavy atom. The molecule has 152 valence electrons. The minimum Gasteiger partial charge on any atom is -0.503 e. The number of aromatic nitrogens is 2. The summed E-state index contributed by atoms with van der Waals surface area (Å²) in [6, 6.07) is 9.34. The lowest BCUT2D eigenvalue weighted by Crippen LogP contribution is -2.46. The van der Waals surface area contributed by atoms with Gasteiger partial charge in [0.15, 0.2) is 17.7 Å². The molecule has 1 aromatic carbocycles. The fourth-order valence-corrected chi connectivity index (χ4v) is 3.97. The summed E-state index contributed by atoms with van der Waals surface area (Å²) in [7, 11) is 0. The van der Waals surface area contributed by atoms with Crippen molar-refractivity contribution < 1.29 is 19.4 Å². The van der Waals surface area contributed by atoms with Crippen LogP contribution in [0.4, 0.5) is 0 Å². The van der Waals surface area contributed by atoms with Crippen LogP contribution in [0.5, 0.6) is 5.75 Å². The molecule has 2 aliphatic rings. The van der Waals surface area contributed by atoms with E-state index < -0.39 is 29.2 Å². The molecule has 4 heterocycles. The Morgan fingerprint density at radius 3 is 2.97 bits per heavy atom.